The molecule has 1 rings (SSSR count). The van der Waals surface area contributed by atoms with Crippen molar-refractivity contribution in [3.63, 3.8) is 0 Å². The van der Waals surface area contributed by atoms with Crippen LogP contribution in [0, 0.1) is 0 Å². The Balaban J connectivity index is 2.57. The molecule has 16 heavy (non-hydrogen) atoms. The van der Waals surface area contributed by atoms with Crippen LogP contribution < -0.4 is 10.5 Å². The zero-order chi connectivity index (χ0) is 12.0. The maximum absolute atomic E-state index is 8.78. The molecule has 1 aromatic carbocycles. The van der Waals surface area contributed by atoms with Crippen molar-refractivity contribution in [3.05, 3.63) is 42.0 Å². The van der Waals surface area contributed by atoms with E-state index in [1.54, 1.807) is 0 Å². The lowest BCUT2D eigenvalue weighted by Crippen LogP contribution is -2.11. The van der Waals surface area contributed by atoms with Crippen molar-refractivity contribution in [2.45, 2.75) is 19.4 Å². The van der Waals surface area contributed by atoms with E-state index in [1.807, 2.05) is 31.2 Å². The third-order valence-electron chi connectivity index (χ3n) is 2.23. The number of aliphatic hydroxyl groups excluding tert-OH is 1. The summed E-state index contributed by atoms with van der Waals surface area (Å²) >= 11 is 0. The lowest BCUT2D eigenvalue weighted by molar-refractivity contribution is 0.276. The number of benzene rings is 1. The van der Waals surface area contributed by atoms with Crippen LogP contribution in [0.2, 0.25) is 0 Å². The summed E-state index contributed by atoms with van der Waals surface area (Å²) in [4.78, 5) is 0. The summed E-state index contributed by atoms with van der Waals surface area (Å²) in [6.45, 7) is 6.33. The van der Waals surface area contributed by atoms with E-state index in [-0.39, 0.29) is 12.6 Å². The van der Waals surface area contributed by atoms with Crippen LogP contribution in [-0.4, -0.2) is 18.3 Å². The number of hydrogen-bond donors (Lipinski definition) is 2. The molecule has 0 spiro atoms. The molecule has 0 saturated heterocycles. The van der Waals surface area contributed by atoms with Gasteiger partial charge >= 0.3 is 0 Å². The van der Waals surface area contributed by atoms with Crippen LogP contribution in [0.5, 0.6) is 5.75 Å². The molecular formula is C13H19NO2. The quantitative estimate of drug-likeness (QED) is 0.723. The number of nitrogens with two attached hydrogens (primary N) is 1. The molecule has 0 radical (unpaired) electrons. The maximum atomic E-state index is 8.78. The van der Waals surface area contributed by atoms with Gasteiger partial charge in [0.25, 0.3) is 0 Å². The molecule has 0 heterocycles. The molecule has 1 unspecified atom stereocenters. The van der Waals surface area contributed by atoms with E-state index in [4.69, 9.17) is 15.6 Å². The van der Waals surface area contributed by atoms with E-state index >= 15 is 0 Å². The van der Waals surface area contributed by atoms with Crippen LogP contribution in [0.25, 0.3) is 0 Å². The van der Waals surface area contributed by atoms with Gasteiger partial charge in [0.15, 0.2) is 0 Å². The van der Waals surface area contributed by atoms with Gasteiger partial charge in [-0.3, -0.25) is 0 Å². The van der Waals surface area contributed by atoms with Crippen LogP contribution in [0.1, 0.15) is 24.9 Å². The van der Waals surface area contributed by atoms with Crippen LogP contribution in [0.4, 0.5) is 0 Å². The minimum Gasteiger partial charge on any atom is -0.489 e. The third-order valence-corrected chi connectivity index (χ3v) is 2.23. The number of aliphatic hydroxyl groups is 1. The molecule has 0 amide bonds. The molecule has 0 saturated carbocycles. The summed E-state index contributed by atoms with van der Waals surface area (Å²) in [5.41, 5.74) is 7.86. The number of rotatable bonds is 6. The normalized spacial score (nSPS) is 12.2. The van der Waals surface area contributed by atoms with Crippen molar-refractivity contribution in [2.24, 2.45) is 5.73 Å². The van der Waals surface area contributed by atoms with Gasteiger partial charge in [0.2, 0.25) is 0 Å². The van der Waals surface area contributed by atoms with Gasteiger partial charge in [-0.1, -0.05) is 18.7 Å². The van der Waals surface area contributed by atoms with Gasteiger partial charge in [0.05, 0.1) is 0 Å². The van der Waals surface area contributed by atoms with Crippen LogP contribution in [0.15, 0.2) is 36.4 Å². The smallest absolute Gasteiger partial charge is 0.119 e. The molecule has 1 atom stereocenters. The molecule has 3 nitrogen and oxygen atoms in total. The first-order valence-electron chi connectivity index (χ1n) is 5.37. The van der Waals surface area contributed by atoms with Gasteiger partial charge in [-0.05, 0) is 36.6 Å². The van der Waals surface area contributed by atoms with E-state index in [1.165, 1.54) is 0 Å². The lowest BCUT2D eigenvalue weighted by Gasteiger charge is -2.11. The van der Waals surface area contributed by atoms with E-state index < -0.39 is 0 Å². The molecule has 1 aromatic rings. The summed E-state index contributed by atoms with van der Waals surface area (Å²) in [6.07, 6.45) is 0.575. The summed E-state index contributed by atoms with van der Waals surface area (Å²) < 4.78 is 5.47. The molecule has 3 N–H and O–H groups in total. The topological polar surface area (TPSA) is 55.5 Å². The fourth-order valence-corrected chi connectivity index (χ4v) is 1.32. The van der Waals surface area contributed by atoms with Crippen LogP contribution in [0.3, 0.4) is 0 Å². The Morgan fingerprint density at radius 2 is 2.06 bits per heavy atom. The SMILES string of the molecule is C=C(C)COc1ccc(C(N)CCO)cc1. The first-order valence-corrected chi connectivity index (χ1v) is 5.37. The Bertz CT molecular complexity index is 332. The predicted molar refractivity (Wildman–Crippen MR) is 65.4 cm³/mol. The first-order chi connectivity index (χ1) is 7.63. The summed E-state index contributed by atoms with van der Waals surface area (Å²) in [5.74, 6) is 0.808. The van der Waals surface area contributed by atoms with Crippen molar-refractivity contribution in [3.8, 4) is 5.75 Å². The van der Waals surface area contributed by atoms with Gasteiger partial charge in [0.1, 0.15) is 12.4 Å². The van der Waals surface area contributed by atoms with Crippen molar-refractivity contribution in [1.29, 1.82) is 0 Å². The van der Waals surface area contributed by atoms with E-state index in [9.17, 15) is 0 Å². The Morgan fingerprint density at radius 1 is 1.44 bits per heavy atom. The van der Waals surface area contributed by atoms with E-state index in [0.717, 1.165) is 16.9 Å². The first kappa shape index (κ1) is 12.7. The fraction of sp³-hybridized carbons (Fsp3) is 0.385. The Morgan fingerprint density at radius 3 is 2.56 bits per heavy atom. The molecule has 0 aliphatic heterocycles. The molecule has 88 valence electrons. The molecule has 0 fully saturated rings. The number of hydrogen-bond acceptors (Lipinski definition) is 3. The van der Waals surface area contributed by atoms with Gasteiger partial charge in [-0.2, -0.15) is 0 Å². The summed E-state index contributed by atoms with van der Waals surface area (Å²) in [5, 5.41) is 8.78. The van der Waals surface area contributed by atoms with Crippen molar-refractivity contribution in [2.75, 3.05) is 13.2 Å². The van der Waals surface area contributed by atoms with Gasteiger partial charge in [-0.15, -0.1) is 0 Å². The zero-order valence-electron chi connectivity index (χ0n) is 9.65. The van der Waals surface area contributed by atoms with Crippen molar-refractivity contribution in [1.82, 2.24) is 0 Å². The standard InChI is InChI=1S/C13H19NO2/c1-10(2)9-16-12-5-3-11(4-6-12)13(14)7-8-15/h3-6,13,15H,1,7-9,14H2,2H3. The van der Waals surface area contributed by atoms with Crippen LogP contribution >= 0.6 is 0 Å². The molecular weight excluding hydrogens is 202 g/mol. The predicted octanol–water partition coefficient (Wildman–Crippen LogP) is 2.02. The number of ether oxygens (including phenoxy) is 1. The Labute approximate surface area is 96.5 Å². The maximum Gasteiger partial charge on any atom is 0.119 e. The highest BCUT2D eigenvalue weighted by atomic mass is 16.5. The minimum absolute atomic E-state index is 0.106. The molecule has 0 bridgehead atoms. The lowest BCUT2D eigenvalue weighted by atomic mass is 10.1. The molecule has 0 aromatic heterocycles. The monoisotopic (exact) mass is 221 g/mol. The molecule has 0 aliphatic carbocycles. The third kappa shape index (κ3) is 4.04. The second-order valence-corrected chi connectivity index (χ2v) is 3.93. The molecule has 0 aliphatic rings. The van der Waals surface area contributed by atoms with Gasteiger partial charge in [-0.25, -0.2) is 0 Å². The highest BCUT2D eigenvalue weighted by molar-refractivity contribution is 5.29. The van der Waals surface area contributed by atoms with Crippen molar-refractivity contribution >= 4 is 0 Å². The average molecular weight is 221 g/mol. The largest absolute Gasteiger partial charge is 0.489 e. The second-order valence-electron chi connectivity index (χ2n) is 3.93. The Hall–Kier alpha value is -1.32. The van der Waals surface area contributed by atoms with Crippen molar-refractivity contribution < 1.29 is 9.84 Å². The van der Waals surface area contributed by atoms with Gasteiger partial charge in [0, 0.05) is 12.6 Å². The Kier molecular flexibility index (Phi) is 5.02. The zero-order valence-corrected chi connectivity index (χ0v) is 9.65. The molecule has 3 heteroatoms. The van der Waals surface area contributed by atoms with Crippen LogP contribution in [-0.2, 0) is 0 Å². The summed E-state index contributed by atoms with van der Waals surface area (Å²) in [7, 11) is 0. The summed E-state index contributed by atoms with van der Waals surface area (Å²) in [6, 6.07) is 7.51. The van der Waals surface area contributed by atoms with E-state index in [0.29, 0.717) is 13.0 Å². The van der Waals surface area contributed by atoms with E-state index in [2.05, 4.69) is 6.58 Å². The second kappa shape index (κ2) is 6.30. The highest BCUT2D eigenvalue weighted by Gasteiger charge is 2.04. The highest BCUT2D eigenvalue weighted by Crippen LogP contribution is 2.18. The average Bonchev–Trinajstić information content (AvgIpc) is 2.27. The minimum atomic E-state index is -0.111. The van der Waals surface area contributed by atoms with Gasteiger partial charge < -0.3 is 15.6 Å². The fourth-order valence-electron chi connectivity index (χ4n) is 1.32.